The second-order valence-corrected chi connectivity index (χ2v) is 9.80. The van der Waals surface area contributed by atoms with Crippen molar-refractivity contribution in [2.24, 2.45) is 5.92 Å². The number of rotatable bonds is 7. The highest BCUT2D eigenvalue weighted by atomic mass is 16.5. The first-order valence-electron chi connectivity index (χ1n) is 12.6. The van der Waals surface area contributed by atoms with Gasteiger partial charge in [0.1, 0.15) is 18.5 Å². The highest BCUT2D eigenvalue weighted by molar-refractivity contribution is 6.00. The van der Waals surface area contributed by atoms with Crippen molar-refractivity contribution in [1.82, 2.24) is 15.2 Å². The quantitative estimate of drug-likeness (QED) is 0.615. The number of nitrogens with zero attached hydrogens (tertiary/aromatic N) is 2. The monoisotopic (exact) mass is 492 g/mol. The lowest BCUT2D eigenvalue weighted by Crippen LogP contribution is -2.54. The van der Waals surface area contributed by atoms with Crippen molar-refractivity contribution in [2.45, 2.75) is 56.8 Å². The van der Waals surface area contributed by atoms with Crippen molar-refractivity contribution < 1.29 is 23.9 Å². The average Bonchev–Trinajstić information content (AvgIpc) is 3.73. The largest absolute Gasteiger partial charge is 0.490 e. The second-order valence-electron chi connectivity index (χ2n) is 9.80. The normalized spacial score (nSPS) is 23.4. The topological polar surface area (TPSA) is 110 Å². The number of amides is 3. The van der Waals surface area contributed by atoms with Crippen LogP contribution in [0.1, 0.15) is 48.0 Å². The van der Waals surface area contributed by atoms with E-state index >= 15 is 0 Å². The third-order valence-corrected chi connectivity index (χ3v) is 7.13. The molecule has 190 valence electrons. The summed E-state index contributed by atoms with van der Waals surface area (Å²) in [5, 5.41) is 5.86. The Bertz CT molecular complexity index is 1120. The number of carbonyl (C=O) groups excluding carboxylic acids is 3. The summed E-state index contributed by atoms with van der Waals surface area (Å²) in [6.45, 7) is 0.838. The van der Waals surface area contributed by atoms with Crippen LogP contribution in [0.25, 0.3) is 0 Å². The van der Waals surface area contributed by atoms with Crippen LogP contribution in [0, 0.1) is 5.92 Å². The first-order chi connectivity index (χ1) is 17.5. The van der Waals surface area contributed by atoms with E-state index in [0.29, 0.717) is 30.0 Å². The van der Waals surface area contributed by atoms with E-state index in [1.165, 1.54) is 0 Å². The highest BCUT2D eigenvalue weighted by Crippen LogP contribution is 2.34. The van der Waals surface area contributed by atoms with Gasteiger partial charge in [-0.15, -0.1) is 0 Å². The lowest BCUT2D eigenvalue weighted by Gasteiger charge is -2.42. The summed E-state index contributed by atoms with van der Waals surface area (Å²) in [5.41, 5.74) is 2.15. The first kappa shape index (κ1) is 24.2. The fourth-order valence-corrected chi connectivity index (χ4v) is 4.87. The van der Waals surface area contributed by atoms with Crippen molar-refractivity contribution >= 4 is 23.4 Å². The minimum absolute atomic E-state index is 0.00398. The molecule has 2 N–H and O–H groups in total. The molecule has 3 atom stereocenters. The molecule has 1 saturated carbocycles. The van der Waals surface area contributed by atoms with Crippen LogP contribution in [0.3, 0.4) is 0 Å². The minimum atomic E-state index is -0.329. The molecule has 3 aliphatic rings. The van der Waals surface area contributed by atoms with Crippen molar-refractivity contribution in [1.29, 1.82) is 0 Å². The number of likely N-dealkylation sites (N-methyl/N-ethyl adjacent to an activating group) is 1. The maximum atomic E-state index is 13.3. The van der Waals surface area contributed by atoms with E-state index in [4.69, 9.17) is 9.47 Å². The lowest BCUT2D eigenvalue weighted by molar-refractivity contribution is -0.134. The van der Waals surface area contributed by atoms with Gasteiger partial charge >= 0.3 is 0 Å². The van der Waals surface area contributed by atoms with E-state index in [0.717, 1.165) is 31.2 Å². The molecule has 0 bridgehead atoms. The van der Waals surface area contributed by atoms with Crippen molar-refractivity contribution in [3.05, 3.63) is 53.9 Å². The van der Waals surface area contributed by atoms with E-state index < -0.39 is 0 Å². The molecular formula is C27H32N4O5. The molecule has 0 spiro atoms. The van der Waals surface area contributed by atoms with E-state index in [1.54, 1.807) is 42.5 Å². The molecular weight excluding hydrogens is 460 g/mol. The summed E-state index contributed by atoms with van der Waals surface area (Å²) >= 11 is 0. The Kier molecular flexibility index (Phi) is 7.18. The van der Waals surface area contributed by atoms with E-state index in [9.17, 15) is 14.4 Å². The molecule has 2 aromatic rings. The summed E-state index contributed by atoms with van der Waals surface area (Å²) in [6.07, 6.45) is 7.19. The molecule has 2 fully saturated rings. The number of hydrogen-bond donors (Lipinski definition) is 2. The molecule has 1 aromatic carbocycles. The smallest absolute Gasteiger partial charge is 0.257 e. The van der Waals surface area contributed by atoms with Crippen LogP contribution >= 0.6 is 0 Å². The number of carbonyl (C=O) groups is 3. The number of pyridine rings is 1. The summed E-state index contributed by atoms with van der Waals surface area (Å²) in [6, 6.07) is 8.89. The molecule has 0 radical (unpaired) electrons. The van der Waals surface area contributed by atoms with Crippen LogP contribution in [-0.4, -0.2) is 66.1 Å². The Morgan fingerprint density at radius 1 is 1.11 bits per heavy atom. The van der Waals surface area contributed by atoms with Crippen molar-refractivity contribution in [2.75, 3.05) is 25.5 Å². The van der Waals surface area contributed by atoms with Gasteiger partial charge in [0.05, 0.1) is 24.1 Å². The maximum Gasteiger partial charge on any atom is 0.257 e. The summed E-state index contributed by atoms with van der Waals surface area (Å²) in [5.74, 6) is 0.330. The number of benzene rings is 1. The molecule has 36 heavy (non-hydrogen) atoms. The number of anilines is 1. The third kappa shape index (κ3) is 5.67. The Hall–Kier alpha value is -3.46. The Balaban J connectivity index is 1.17. The van der Waals surface area contributed by atoms with Crippen molar-refractivity contribution in [3.8, 4) is 5.75 Å². The van der Waals surface area contributed by atoms with Gasteiger partial charge in [-0.2, -0.15) is 0 Å². The van der Waals surface area contributed by atoms with E-state index in [2.05, 4.69) is 15.6 Å². The number of hydrogen-bond acceptors (Lipinski definition) is 6. The minimum Gasteiger partial charge on any atom is -0.490 e. The zero-order valence-corrected chi connectivity index (χ0v) is 20.4. The molecule has 9 nitrogen and oxygen atoms in total. The van der Waals surface area contributed by atoms with Gasteiger partial charge in [-0.1, -0.05) is 0 Å². The fourth-order valence-electron chi connectivity index (χ4n) is 4.87. The second kappa shape index (κ2) is 10.7. The summed E-state index contributed by atoms with van der Waals surface area (Å²) in [7, 11) is 1.78. The summed E-state index contributed by atoms with van der Waals surface area (Å²) in [4.78, 5) is 43.7. The lowest BCUT2D eigenvalue weighted by atomic mass is 9.94. The van der Waals surface area contributed by atoms with Crippen LogP contribution < -0.4 is 15.4 Å². The predicted molar refractivity (Wildman–Crippen MR) is 133 cm³/mol. The number of ether oxygens (including phenoxy) is 2. The summed E-state index contributed by atoms with van der Waals surface area (Å²) < 4.78 is 12.3. The Labute approximate surface area is 210 Å². The predicted octanol–water partition coefficient (Wildman–Crippen LogP) is 2.56. The van der Waals surface area contributed by atoms with Gasteiger partial charge in [-0.25, -0.2) is 0 Å². The SMILES string of the molecule is CN1C(=O)c2cc(NC(=O)C3CC3)ccc2OC[C@@H]2O[C@H](CC(=O)NCCc3ccncc3)CC[C@@H]21. The van der Waals surface area contributed by atoms with Crippen LogP contribution in [0.15, 0.2) is 42.7 Å². The van der Waals surface area contributed by atoms with Gasteiger partial charge in [0.25, 0.3) is 5.91 Å². The Morgan fingerprint density at radius 3 is 2.69 bits per heavy atom. The standard InChI is InChI=1S/C27H32N4O5/c1-31-22-6-5-20(15-25(32)29-13-10-17-8-11-28-12-9-17)36-24(22)16-35-23-7-4-19(14-21(23)27(31)34)30-26(33)18-2-3-18/h4,7-9,11-12,14,18,20,22,24H,2-3,5-6,10,13,15-16H2,1H3,(H,29,32)(H,30,33)/t20-,22-,24-/m0/s1. The van der Waals surface area contributed by atoms with E-state index in [-0.39, 0.29) is 54.9 Å². The van der Waals surface area contributed by atoms with Crippen LogP contribution in [0.2, 0.25) is 0 Å². The zero-order valence-electron chi connectivity index (χ0n) is 20.4. The van der Waals surface area contributed by atoms with Crippen molar-refractivity contribution in [3.63, 3.8) is 0 Å². The van der Waals surface area contributed by atoms with Crippen LogP contribution in [-0.2, 0) is 20.7 Å². The van der Waals surface area contributed by atoms with Gasteiger partial charge in [0.2, 0.25) is 11.8 Å². The maximum absolute atomic E-state index is 13.3. The fraction of sp³-hybridized carbons (Fsp3) is 0.481. The van der Waals surface area contributed by atoms with Gasteiger partial charge in [0, 0.05) is 37.6 Å². The van der Waals surface area contributed by atoms with E-state index in [1.807, 2.05) is 12.1 Å². The zero-order chi connectivity index (χ0) is 25.1. The highest BCUT2D eigenvalue weighted by Gasteiger charge is 2.39. The third-order valence-electron chi connectivity index (χ3n) is 7.13. The Morgan fingerprint density at radius 2 is 1.92 bits per heavy atom. The van der Waals surface area contributed by atoms with Crippen LogP contribution in [0.5, 0.6) is 5.75 Å². The molecule has 1 aliphatic carbocycles. The molecule has 9 heteroatoms. The number of fused-ring (bicyclic) bond motifs is 2. The molecule has 5 rings (SSSR count). The number of aromatic nitrogens is 1. The van der Waals surface area contributed by atoms with Gasteiger partial charge in [-0.05, 0) is 68.0 Å². The molecule has 1 aromatic heterocycles. The molecule has 3 amide bonds. The van der Waals surface area contributed by atoms with Gasteiger partial charge < -0.3 is 25.0 Å². The van der Waals surface area contributed by atoms with Gasteiger partial charge in [-0.3, -0.25) is 19.4 Å². The number of nitrogens with one attached hydrogen (secondary N) is 2. The molecule has 1 saturated heterocycles. The van der Waals surface area contributed by atoms with Gasteiger partial charge in [0.15, 0.2) is 0 Å². The molecule has 2 aliphatic heterocycles. The molecule has 3 heterocycles. The molecule has 0 unspecified atom stereocenters. The van der Waals surface area contributed by atoms with Crippen LogP contribution in [0.4, 0.5) is 5.69 Å². The first-order valence-corrected chi connectivity index (χ1v) is 12.6. The average molecular weight is 493 g/mol.